The summed E-state index contributed by atoms with van der Waals surface area (Å²) in [6, 6.07) is 0. The van der Waals surface area contributed by atoms with Crippen LogP contribution in [0.2, 0.25) is 0 Å². The van der Waals surface area contributed by atoms with Crippen LogP contribution in [-0.4, -0.2) is 62.2 Å². The predicted molar refractivity (Wildman–Crippen MR) is 49.2 cm³/mol. The Morgan fingerprint density at radius 2 is 1.50 bits per heavy atom. The molecular weight excluding hydrogens is 158 g/mol. The van der Waals surface area contributed by atoms with Crippen LogP contribution in [0, 0.1) is 0 Å². The Hall–Kier alpha value is -0.160. The zero-order chi connectivity index (χ0) is 9.82. The van der Waals surface area contributed by atoms with Gasteiger partial charge in [0.2, 0.25) is 0 Å². The van der Waals surface area contributed by atoms with Gasteiger partial charge >= 0.3 is 0 Å². The van der Waals surface area contributed by atoms with Crippen molar-refractivity contribution in [3.05, 3.63) is 0 Å². The van der Waals surface area contributed by atoms with Crippen molar-refractivity contribution in [3.8, 4) is 0 Å². The molecule has 0 atom stereocenters. The highest BCUT2D eigenvalue weighted by Gasteiger charge is 1.91. The van der Waals surface area contributed by atoms with Gasteiger partial charge < -0.3 is 19.8 Å². The van der Waals surface area contributed by atoms with E-state index in [2.05, 4.69) is 4.74 Å². The van der Waals surface area contributed by atoms with E-state index < -0.39 is 0 Å². The van der Waals surface area contributed by atoms with Gasteiger partial charge in [0.25, 0.3) is 0 Å². The van der Waals surface area contributed by atoms with Gasteiger partial charge in [0, 0.05) is 26.8 Å². The van der Waals surface area contributed by atoms with E-state index in [0.717, 1.165) is 6.61 Å². The fraction of sp³-hybridized carbons (Fsp3) is 1.00. The molecule has 0 aromatic heterocycles. The number of aliphatic hydroxyl groups is 2. The number of likely N-dealkylation sites (N-methyl/N-ethyl adjacent to an activating group) is 1. The normalized spacial score (nSPS) is 9.50. The minimum atomic E-state index is 0.163. The van der Waals surface area contributed by atoms with Crippen LogP contribution in [0.15, 0.2) is 0 Å². The molecule has 0 fully saturated rings. The summed E-state index contributed by atoms with van der Waals surface area (Å²) >= 11 is 0. The van der Waals surface area contributed by atoms with Crippen molar-refractivity contribution >= 4 is 0 Å². The Bertz CT molecular complexity index is 63.3. The molecule has 0 aliphatic heterocycles. The zero-order valence-corrected chi connectivity index (χ0v) is 8.29. The number of nitrogens with zero attached hydrogens (tertiary/aromatic N) is 1. The van der Waals surface area contributed by atoms with Crippen molar-refractivity contribution in [2.24, 2.45) is 0 Å². The third-order valence-corrected chi connectivity index (χ3v) is 1.25. The van der Waals surface area contributed by atoms with E-state index in [1.165, 1.54) is 0 Å². The van der Waals surface area contributed by atoms with Gasteiger partial charge in [0.1, 0.15) is 0 Å². The Balaban J connectivity index is 0. The molecule has 0 rings (SSSR count). The molecule has 2 N–H and O–H groups in total. The van der Waals surface area contributed by atoms with Crippen molar-refractivity contribution in [1.29, 1.82) is 0 Å². The maximum absolute atomic E-state index is 8.34. The minimum Gasteiger partial charge on any atom is -0.395 e. The van der Waals surface area contributed by atoms with Gasteiger partial charge in [-0.05, 0) is 14.0 Å². The largest absolute Gasteiger partial charge is 0.395 e. The third kappa shape index (κ3) is 16.4. The number of aliphatic hydroxyl groups excluding tert-OH is 2. The summed E-state index contributed by atoms with van der Waals surface area (Å²) in [6.45, 7) is 4.38. The molecule has 0 bridgehead atoms. The summed E-state index contributed by atoms with van der Waals surface area (Å²) in [7, 11) is 3.53. The summed E-state index contributed by atoms with van der Waals surface area (Å²) in [4.78, 5) is 1.86. The van der Waals surface area contributed by atoms with Gasteiger partial charge in [-0.25, -0.2) is 0 Å². The van der Waals surface area contributed by atoms with Crippen molar-refractivity contribution in [3.63, 3.8) is 0 Å². The summed E-state index contributed by atoms with van der Waals surface area (Å²) in [5.41, 5.74) is 0. The lowest BCUT2D eigenvalue weighted by molar-refractivity contribution is 0.184. The van der Waals surface area contributed by atoms with Crippen molar-refractivity contribution in [2.45, 2.75) is 6.92 Å². The molecule has 0 radical (unpaired) electrons. The van der Waals surface area contributed by atoms with Crippen LogP contribution < -0.4 is 0 Å². The monoisotopic (exact) mass is 179 g/mol. The summed E-state index contributed by atoms with van der Waals surface area (Å²) < 4.78 is 4.54. The summed E-state index contributed by atoms with van der Waals surface area (Å²) in [5, 5.41) is 16.7. The van der Waals surface area contributed by atoms with Crippen LogP contribution in [0.4, 0.5) is 0 Å². The van der Waals surface area contributed by atoms with Gasteiger partial charge in [-0.15, -0.1) is 0 Å². The first-order valence-electron chi connectivity index (χ1n) is 4.12. The van der Waals surface area contributed by atoms with Crippen LogP contribution in [0.25, 0.3) is 0 Å². The van der Waals surface area contributed by atoms with Crippen LogP contribution in [-0.2, 0) is 4.74 Å². The topological polar surface area (TPSA) is 52.9 Å². The Kier molecular flexibility index (Phi) is 16.1. The molecule has 12 heavy (non-hydrogen) atoms. The fourth-order valence-corrected chi connectivity index (χ4v) is 0.453. The van der Waals surface area contributed by atoms with Gasteiger partial charge in [-0.1, -0.05) is 0 Å². The first-order valence-corrected chi connectivity index (χ1v) is 4.12. The lowest BCUT2D eigenvalue weighted by atomic mass is 10.5. The van der Waals surface area contributed by atoms with Crippen molar-refractivity contribution in [1.82, 2.24) is 4.90 Å². The molecule has 0 unspecified atom stereocenters. The maximum atomic E-state index is 8.34. The molecule has 0 aromatic rings. The van der Waals surface area contributed by atoms with Crippen molar-refractivity contribution in [2.75, 3.05) is 47.1 Å². The van der Waals surface area contributed by atoms with E-state index >= 15 is 0 Å². The molecule has 0 saturated carbocycles. The highest BCUT2D eigenvalue weighted by molar-refractivity contribution is 4.45. The van der Waals surface area contributed by atoms with Gasteiger partial charge in [0.05, 0.1) is 13.2 Å². The Morgan fingerprint density at radius 1 is 1.17 bits per heavy atom. The molecule has 0 spiro atoms. The van der Waals surface area contributed by atoms with E-state index in [0.29, 0.717) is 13.1 Å². The van der Waals surface area contributed by atoms with E-state index in [1.807, 2.05) is 18.9 Å². The molecule has 0 aliphatic rings. The number of methoxy groups -OCH3 is 1. The molecule has 4 heteroatoms. The number of rotatable bonds is 5. The van der Waals surface area contributed by atoms with E-state index in [4.69, 9.17) is 10.2 Å². The average molecular weight is 179 g/mol. The standard InChI is InChI=1S/C5H13NO2.C3H8O/c1-6(2-4-7)3-5-8;1-3-4-2/h7-8H,2-5H2,1H3;3H2,1-2H3. The Labute approximate surface area is 74.8 Å². The molecule has 0 aromatic carbocycles. The van der Waals surface area contributed by atoms with Gasteiger partial charge in [-0.2, -0.15) is 0 Å². The fourth-order valence-electron chi connectivity index (χ4n) is 0.453. The minimum absolute atomic E-state index is 0.163. The molecular formula is C8H21NO3. The number of ether oxygens (including phenoxy) is 1. The summed E-state index contributed by atoms with van der Waals surface area (Å²) in [6.07, 6.45) is 0. The quantitative estimate of drug-likeness (QED) is 0.600. The second-order valence-electron chi connectivity index (χ2n) is 2.33. The Morgan fingerprint density at radius 3 is 1.67 bits per heavy atom. The van der Waals surface area contributed by atoms with Gasteiger partial charge in [-0.3, -0.25) is 0 Å². The van der Waals surface area contributed by atoms with Crippen LogP contribution in [0.3, 0.4) is 0 Å². The second-order valence-corrected chi connectivity index (χ2v) is 2.33. The van der Waals surface area contributed by atoms with E-state index in [1.54, 1.807) is 7.11 Å². The summed E-state index contributed by atoms with van der Waals surface area (Å²) in [5.74, 6) is 0. The molecule has 4 nitrogen and oxygen atoms in total. The van der Waals surface area contributed by atoms with Crippen LogP contribution >= 0.6 is 0 Å². The molecule has 0 amide bonds. The lowest BCUT2D eigenvalue weighted by Crippen LogP contribution is -2.25. The van der Waals surface area contributed by atoms with Gasteiger partial charge in [0.15, 0.2) is 0 Å². The third-order valence-electron chi connectivity index (χ3n) is 1.25. The van der Waals surface area contributed by atoms with Crippen molar-refractivity contribution < 1.29 is 14.9 Å². The lowest BCUT2D eigenvalue weighted by Gasteiger charge is -2.11. The SMILES string of the molecule is CCOC.CN(CCO)CCO. The maximum Gasteiger partial charge on any atom is 0.0558 e. The van der Waals surface area contributed by atoms with Crippen LogP contribution in [0.1, 0.15) is 6.92 Å². The molecule has 0 heterocycles. The number of hydrogen-bond acceptors (Lipinski definition) is 4. The smallest absolute Gasteiger partial charge is 0.0558 e. The zero-order valence-electron chi connectivity index (χ0n) is 8.29. The molecule has 0 saturated heterocycles. The van der Waals surface area contributed by atoms with E-state index in [9.17, 15) is 0 Å². The second kappa shape index (κ2) is 13.4. The number of hydrogen-bond donors (Lipinski definition) is 2. The predicted octanol–water partition coefficient (Wildman–Crippen LogP) is -0.444. The highest BCUT2D eigenvalue weighted by atomic mass is 16.5. The molecule has 0 aliphatic carbocycles. The average Bonchev–Trinajstić information content (AvgIpc) is 2.06. The van der Waals surface area contributed by atoms with E-state index in [-0.39, 0.29) is 13.2 Å². The van der Waals surface area contributed by atoms with Crippen LogP contribution in [0.5, 0.6) is 0 Å². The highest BCUT2D eigenvalue weighted by Crippen LogP contribution is 1.76. The first-order chi connectivity index (χ1) is 5.72. The first kappa shape index (κ1) is 14.4. The molecule has 76 valence electrons.